The Balaban J connectivity index is 0.000000253. The van der Waals surface area contributed by atoms with Gasteiger partial charge in [0.15, 0.2) is 8.32 Å². The van der Waals surface area contributed by atoms with Crippen molar-refractivity contribution in [3.05, 3.63) is 0 Å². The Morgan fingerprint density at radius 2 is 1.78 bits per heavy atom. The highest BCUT2D eigenvalue weighted by atomic mass is 28.4. The second kappa shape index (κ2) is 7.58. The maximum Gasteiger partial charge on any atom is 0.580 e. The van der Waals surface area contributed by atoms with Gasteiger partial charge in [0.05, 0.1) is 0 Å². The number of rotatable bonds is 2. The van der Waals surface area contributed by atoms with E-state index in [0.29, 0.717) is 12.5 Å². The summed E-state index contributed by atoms with van der Waals surface area (Å²) in [4.78, 5) is 0. The van der Waals surface area contributed by atoms with Crippen molar-refractivity contribution in [2.45, 2.75) is 96.9 Å². The van der Waals surface area contributed by atoms with E-state index >= 15 is 0 Å². The molecule has 2 nitrogen and oxygen atoms in total. The van der Waals surface area contributed by atoms with Gasteiger partial charge in [-0.25, -0.2) is 12.6 Å². The second-order valence-corrected chi connectivity index (χ2v) is 14.4. The zero-order valence-corrected chi connectivity index (χ0v) is 17.5. The average Bonchev–Trinajstić information content (AvgIpc) is 2.34. The van der Waals surface area contributed by atoms with Gasteiger partial charge in [0.1, 0.15) is 0 Å². The topological polar surface area (TPSA) is 18.5 Å². The van der Waals surface area contributed by atoms with Gasteiger partial charge in [0.2, 0.25) is 5.85 Å². The monoisotopic (exact) mass is 370 g/mol. The van der Waals surface area contributed by atoms with Crippen LogP contribution in [0.4, 0.5) is 12.6 Å². The molecule has 0 aliphatic carbocycles. The van der Waals surface area contributed by atoms with Crippen LogP contribution >= 0.6 is 0 Å². The quantitative estimate of drug-likeness (QED) is 0.427. The van der Waals surface area contributed by atoms with Crippen molar-refractivity contribution in [2.24, 2.45) is 5.41 Å². The van der Waals surface area contributed by atoms with Gasteiger partial charge in [0.25, 0.3) is 0 Å². The van der Waals surface area contributed by atoms with Crippen LogP contribution < -0.4 is 0 Å². The van der Waals surface area contributed by atoms with E-state index < -0.39 is 28.6 Å². The molecule has 0 aromatic carbocycles. The molecule has 0 bridgehead atoms. The number of halogens is 3. The van der Waals surface area contributed by atoms with Crippen LogP contribution in [0.2, 0.25) is 25.2 Å². The molecule has 0 spiro atoms. The smallest absolute Gasteiger partial charge is 0.415 e. The van der Waals surface area contributed by atoms with Gasteiger partial charge in [-0.05, 0) is 38.9 Å². The van der Waals surface area contributed by atoms with Gasteiger partial charge in [-0.3, -0.25) is 0 Å². The van der Waals surface area contributed by atoms with Crippen LogP contribution in [0.3, 0.4) is 0 Å². The van der Waals surface area contributed by atoms with E-state index in [2.05, 4.69) is 24.4 Å². The van der Waals surface area contributed by atoms with Gasteiger partial charge in [-0.2, -0.15) is 0 Å². The summed E-state index contributed by atoms with van der Waals surface area (Å²) >= 11 is 0. The maximum atomic E-state index is 14.2. The van der Waals surface area contributed by atoms with Gasteiger partial charge in [-0.15, -0.1) is 0 Å². The molecule has 0 radical (unpaired) electrons. The molecule has 2 aliphatic heterocycles. The fraction of sp³-hybridized carbons (Fsp3) is 1.00. The van der Waals surface area contributed by atoms with E-state index in [4.69, 9.17) is 4.43 Å². The third-order valence-corrected chi connectivity index (χ3v) is 8.90. The Morgan fingerprint density at radius 3 is 2.22 bits per heavy atom. The molecule has 2 heterocycles. The van der Waals surface area contributed by atoms with Crippen molar-refractivity contribution >= 4 is 17.3 Å². The zero-order valence-electron chi connectivity index (χ0n) is 15.5. The fourth-order valence-corrected chi connectivity index (χ4v) is 7.51. The van der Waals surface area contributed by atoms with E-state index in [1.807, 2.05) is 0 Å². The summed E-state index contributed by atoms with van der Waals surface area (Å²) in [6, 6.07) is 1.10. The molecule has 7 heteroatoms. The Kier molecular flexibility index (Phi) is 6.98. The summed E-state index contributed by atoms with van der Waals surface area (Å²) in [6.45, 7) is 11.9. The minimum Gasteiger partial charge on any atom is -0.415 e. The lowest BCUT2D eigenvalue weighted by atomic mass is 9.79. The van der Waals surface area contributed by atoms with E-state index in [1.165, 1.54) is 18.9 Å². The minimum absolute atomic E-state index is 0.0581. The van der Waals surface area contributed by atoms with Crippen molar-refractivity contribution in [2.75, 3.05) is 0 Å². The van der Waals surface area contributed by atoms with Crippen LogP contribution in [-0.4, -0.2) is 29.3 Å². The van der Waals surface area contributed by atoms with E-state index in [0.717, 1.165) is 0 Å². The van der Waals surface area contributed by atoms with Crippen molar-refractivity contribution in [1.82, 2.24) is 0 Å². The van der Waals surface area contributed by atoms with E-state index in [1.54, 1.807) is 20.8 Å². The highest BCUT2D eigenvalue weighted by molar-refractivity contribution is 6.71. The predicted octanol–water partition coefficient (Wildman–Crippen LogP) is 6.17. The van der Waals surface area contributed by atoms with Gasteiger partial charge >= 0.3 is 8.99 Å². The Morgan fingerprint density at radius 1 is 1.17 bits per heavy atom. The molecular weight excluding hydrogens is 337 g/mol. The van der Waals surface area contributed by atoms with Crippen molar-refractivity contribution in [3.8, 4) is 0 Å². The summed E-state index contributed by atoms with van der Waals surface area (Å²) < 4.78 is 50.5. The highest BCUT2D eigenvalue weighted by Crippen LogP contribution is 2.50. The molecule has 2 fully saturated rings. The van der Waals surface area contributed by atoms with Crippen LogP contribution in [-0.2, 0) is 8.85 Å². The largest absolute Gasteiger partial charge is 0.580 e. The first-order valence-corrected chi connectivity index (χ1v) is 13.8. The molecule has 0 aromatic heterocycles. The number of hydrogen-bond donors (Lipinski definition) is 0. The van der Waals surface area contributed by atoms with Crippen molar-refractivity contribution in [3.63, 3.8) is 0 Å². The molecular formula is C16H33F3O2Si2. The summed E-state index contributed by atoms with van der Waals surface area (Å²) in [5.41, 5.74) is -0.794. The SMILES string of the molecule is CC1CCC[Si](C)(C)O1.CCCC1(F)O[Si](F)(F)CCC1(C)C. The molecule has 2 aliphatic rings. The summed E-state index contributed by atoms with van der Waals surface area (Å²) in [6.07, 6.45) is 3.99. The van der Waals surface area contributed by atoms with Crippen LogP contribution in [0.1, 0.15) is 59.8 Å². The molecule has 0 saturated carbocycles. The molecule has 0 amide bonds. The lowest BCUT2D eigenvalue weighted by Gasteiger charge is -2.45. The average molecular weight is 371 g/mol. The van der Waals surface area contributed by atoms with Crippen LogP contribution in [0.15, 0.2) is 0 Å². The Hall–Kier alpha value is 0.144. The summed E-state index contributed by atoms with van der Waals surface area (Å²) in [5, 5.41) is 0. The summed E-state index contributed by atoms with van der Waals surface area (Å²) in [7, 11) is -5.88. The van der Waals surface area contributed by atoms with E-state index in [9.17, 15) is 12.6 Å². The van der Waals surface area contributed by atoms with Gasteiger partial charge in [-0.1, -0.05) is 33.6 Å². The third-order valence-electron chi connectivity index (χ3n) is 4.84. The first kappa shape index (κ1) is 21.2. The first-order valence-electron chi connectivity index (χ1n) is 8.77. The van der Waals surface area contributed by atoms with Gasteiger partial charge in [0, 0.05) is 24.0 Å². The molecule has 0 aromatic rings. The van der Waals surface area contributed by atoms with Crippen molar-refractivity contribution in [1.29, 1.82) is 0 Å². The normalized spacial score (nSPS) is 35.1. The van der Waals surface area contributed by atoms with Crippen molar-refractivity contribution < 1.29 is 21.5 Å². The first-order chi connectivity index (χ1) is 10.3. The van der Waals surface area contributed by atoms with E-state index in [-0.39, 0.29) is 18.9 Å². The third kappa shape index (κ3) is 6.18. The second-order valence-electron chi connectivity index (χ2n) is 8.18. The molecule has 23 heavy (non-hydrogen) atoms. The predicted molar refractivity (Wildman–Crippen MR) is 93.1 cm³/mol. The van der Waals surface area contributed by atoms with Crippen LogP contribution in [0.5, 0.6) is 0 Å². The number of alkyl halides is 1. The minimum atomic E-state index is -4.73. The lowest BCUT2D eigenvalue weighted by Crippen LogP contribution is -2.54. The van der Waals surface area contributed by atoms with Crippen LogP contribution in [0.25, 0.3) is 0 Å². The molecule has 2 atom stereocenters. The summed E-state index contributed by atoms with van der Waals surface area (Å²) in [5.74, 6) is -2.13. The lowest BCUT2D eigenvalue weighted by molar-refractivity contribution is -0.191. The molecule has 2 saturated heterocycles. The zero-order chi connectivity index (χ0) is 17.9. The molecule has 2 rings (SSSR count). The standard InChI is InChI=1S/C9H17F3OSi.C7H16OSi/c1-4-5-9(10)8(2,3)6-7-14(11,12)13-9;1-7-5-4-6-9(2,3)8-7/h4-7H2,1-3H3;7H,4-6H2,1-3H3. The van der Waals surface area contributed by atoms with Crippen LogP contribution in [0, 0.1) is 5.41 Å². The molecule has 138 valence electrons. The maximum absolute atomic E-state index is 14.2. The number of hydrogen-bond acceptors (Lipinski definition) is 2. The molecule has 2 unspecified atom stereocenters. The Labute approximate surface area is 141 Å². The highest BCUT2D eigenvalue weighted by Gasteiger charge is 2.59. The fourth-order valence-electron chi connectivity index (χ4n) is 3.26. The molecule has 0 N–H and O–H groups in total. The van der Waals surface area contributed by atoms with Gasteiger partial charge < -0.3 is 8.85 Å². The Bertz CT molecular complexity index is 392.